The molecule has 1 aromatic heterocycles. The Balaban J connectivity index is 1.62. The van der Waals surface area contributed by atoms with Gasteiger partial charge in [0.05, 0.1) is 11.8 Å². The van der Waals surface area contributed by atoms with Crippen molar-refractivity contribution in [3.63, 3.8) is 0 Å². The number of rotatable bonds is 7. The number of amides is 1. The zero-order valence-electron chi connectivity index (χ0n) is 17.9. The van der Waals surface area contributed by atoms with Crippen LogP contribution in [0.15, 0.2) is 90.1 Å². The number of carbonyl (C=O) groups is 1. The molecule has 162 valence electrons. The van der Waals surface area contributed by atoms with Crippen molar-refractivity contribution in [2.24, 2.45) is 0 Å². The molecule has 1 amide bonds. The molecule has 0 aliphatic rings. The summed E-state index contributed by atoms with van der Waals surface area (Å²) in [5.74, 6) is 0.298. The molecular weight excluding hydrogens is 423 g/mol. The number of thioether (sulfide) groups is 1. The molecule has 0 unspecified atom stereocenters. The fourth-order valence-corrected chi connectivity index (χ4v) is 4.30. The predicted molar refractivity (Wildman–Crippen MR) is 126 cm³/mol. The van der Waals surface area contributed by atoms with Gasteiger partial charge in [0.2, 0.25) is 5.91 Å². The largest absolute Gasteiger partial charge is 0.315 e. The molecule has 0 radical (unpaired) electrons. The van der Waals surface area contributed by atoms with Crippen LogP contribution in [0.5, 0.6) is 0 Å². The Morgan fingerprint density at radius 3 is 2.25 bits per heavy atom. The van der Waals surface area contributed by atoms with E-state index in [0.717, 1.165) is 16.8 Å². The minimum atomic E-state index is -0.375. The number of aromatic nitrogens is 3. The summed E-state index contributed by atoms with van der Waals surface area (Å²) in [6, 6.07) is 25.7. The summed E-state index contributed by atoms with van der Waals surface area (Å²) in [6.07, 6.45) is 0. The molecule has 0 bridgehead atoms. The maximum absolute atomic E-state index is 13.4. The van der Waals surface area contributed by atoms with Crippen molar-refractivity contribution >= 4 is 23.4 Å². The van der Waals surface area contributed by atoms with Gasteiger partial charge in [0.15, 0.2) is 11.0 Å². The van der Waals surface area contributed by atoms with E-state index in [1.807, 2.05) is 72.2 Å². The third-order valence-corrected chi connectivity index (χ3v) is 6.17. The van der Waals surface area contributed by atoms with Gasteiger partial charge in [0.1, 0.15) is 5.82 Å². The van der Waals surface area contributed by atoms with Gasteiger partial charge in [-0.25, -0.2) is 4.39 Å². The number of para-hydroxylation sites is 1. The van der Waals surface area contributed by atoms with E-state index in [1.54, 1.807) is 24.1 Å². The van der Waals surface area contributed by atoms with Gasteiger partial charge in [0.25, 0.3) is 0 Å². The van der Waals surface area contributed by atoms with E-state index in [-0.39, 0.29) is 17.0 Å². The number of anilines is 1. The van der Waals surface area contributed by atoms with Crippen LogP contribution in [0.1, 0.15) is 12.5 Å². The average Bonchev–Trinajstić information content (AvgIpc) is 3.21. The van der Waals surface area contributed by atoms with Gasteiger partial charge in [-0.3, -0.25) is 9.36 Å². The van der Waals surface area contributed by atoms with Crippen molar-refractivity contribution < 1.29 is 9.18 Å². The molecule has 5 nitrogen and oxygen atoms in total. The number of nitrogens with zero attached hydrogens (tertiary/aromatic N) is 4. The van der Waals surface area contributed by atoms with Crippen LogP contribution in [0.25, 0.3) is 11.4 Å². The fourth-order valence-electron chi connectivity index (χ4n) is 3.36. The Labute approximate surface area is 190 Å². The first kappa shape index (κ1) is 21.8. The third kappa shape index (κ3) is 4.89. The van der Waals surface area contributed by atoms with Gasteiger partial charge >= 0.3 is 0 Å². The van der Waals surface area contributed by atoms with Crippen molar-refractivity contribution in [3.8, 4) is 11.4 Å². The molecular formula is C25H23FN4OS. The molecule has 1 atom stereocenters. The first-order valence-electron chi connectivity index (χ1n) is 10.3. The fraction of sp³-hybridized carbons (Fsp3) is 0.160. The third-order valence-electron chi connectivity index (χ3n) is 5.11. The molecule has 0 spiro atoms. The van der Waals surface area contributed by atoms with Gasteiger partial charge < -0.3 is 4.90 Å². The SMILES string of the molecule is C[C@@H](Sc1nnc(-c2ccc(F)cc2)n1Cc1ccccc1)C(=O)N(C)c1ccccc1. The Kier molecular flexibility index (Phi) is 6.66. The van der Waals surface area contributed by atoms with Crippen molar-refractivity contribution in [1.29, 1.82) is 0 Å². The Morgan fingerprint density at radius 2 is 1.59 bits per heavy atom. The zero-order valence-corrected chi connectivity index (χ0v) is 18.7. The molecule has 3 aromatic carbocycles. The number of benzene rings is 3. The van der Waals surface area contributed by atoms with Gasteiger partial charge in [0, 0.05) is 18.3 Å². The van der Waals surface area contributed by atoms with E-state index >= 15 is 0 Å². The number of halogens is 1. The lowest BCUT2D eigenvalue weighted by Crippen LogP contribution is -2.33. The highest BCUT2D eigenvalue weighted by molar-refractivity contribution is 8.00. The number of carbonyl (C=O) groups excluding carboxylic acids is 1. The molecule has 0 aliphatic heterocycles. The maximum atomic E-state index is 13.4. The second-order valence-electron chi connectivity index (χ2n) is 7.38. The molecule has 0 aliphatic carbocycles. The molecule has 0 N–H and O–H groups in total. The van der Waals surface area contributed by atoms with Crippen LogP contribution < -0.4 is 4.90 Å². The first-order chi connectivity index (χ1) is 15.5. The lowest BCUT2D eigenvalue weighted by molar-refractivity contribution is -0.117. The van der Waals surface area contributed by atoms with Crippen LogP contribution in [0.3, 0.4) is 0 Å². The summed E-state index contributed by atoms with van der Waals surface area (Å²) in [7, 11) is 1.77. The van der Waals surface area contributed by atoms with E-state index in [9.17, 15) is 9.18 Å². The minimum absolute atomic E-state index is 0.0289. The maximum Gasteiger partial charge on any atom is 0.240 e. The van der Waals surface area contributed by atoms with E-state index in [2.05, 4.69) is 10.2 Å². The second kappa shape index (κ2) is 9.78. The van der Waals surface area contributed by atoms with Crippen LogP contribution in [0, 0.1) is 5.82 Å². The lowest BCUT2D eigenvalue weighted by atomic mass is 10.2. The summed E-state index contributed by atoms with van der Waals surface area (Å²) < 4.78 is 15.4. The molecule has 32 heavy (non-hydrogen) atoms. The smallest absolute Gasteiger partial charge is 0.240 e. The van der Waals surface area contributed by atoms with E-state index in [4.69, 9.17) is 0 Å². The molecule has 7 heteroatoms. The van der Waals surface area contributed by atoms with Crippen molar-refractivity contribution in [1.82, 2.24) is 14.8 Å². The van der Waals surface area contributed by atoms with Crippen molar-refractivity contribution in [2.75, 3.05) is 11.9 Å². The van der Waals surface area contributed by atoms with E-state index in [1.165, 1.54) is 23.9 Å². The van der Waals surface area contributed by atoms with Gasteiger partial charge in [-0.15, -0.1) is 10.2 Å². The summed E-state index contributed by atoms with van der Waals surface area (Å²) in [4.78, 5) is 14.7. The zero-order chi connectivity index (χ0) is 22.5. The van der Waals surface area contributed by atoms with Gasteiger partial charge in [-0.05, 0) is 48.9 Å². The standard InChI is InChI=1S/C25H23FN4OS/c1-18(24(31)29(2)22-11-7-4-8-12-22)32-25-28-27-23(20-13-15-21(26)16-14-20)30(25)17-19-9-5-3-6-10-19/h3-16,18H,17H2,1-2H3/t18-/m1/s1. The van der Waals surface area contributed by atoms with Gasteiger partial charge in [-0.1, -0.05) is 60.3 Å². The minimum Gasteiger partial charge on any atom is -0.315 e. The van der Waals surface area contributed by atoms with Crippen LogP contribution in [-0.2, 0) is 11.3 Å². The van der Waals surface area contributed by atoms with Crippen LogP contribution in [0.2, 0.25) is 0 Å². The monoisotopic (exact) mass is 446 g/mol. The van der Waals surface area contributed by atoms with Crippen LogP contribution >= 0.6 is 11.8 Å². The molecule has 4 aromatic rings. The van der Waals surface area contributed by atoms with E-state index < -0.39 is 0 Å². The van der Waals surface area contributed by atoms with Crippen LogP contribution in [0.4, 0.5) is 10.1 Å². The van der Waals surface area contributed by atoms with Gasteiger partial charge in [-0.2, -0.15) is 0 Å². The highest BCUT2D eigenvalue weighted by Gasteiger charge is 2.24. The van der Waals surface area contributed by atoms with E-state index in [0.29, 0.717) is 17.5 Å². The molecule has 1 heterocycles. The Morgan fingerprint density at radius 1 is 0.969 bits per heavy atom. The molecule has 0 saturated carbocycles. The quantitative estimate of drug-likeness (QED) is 0.363. The normalized spacial score (nSPS) is 11.8. The predicted octanol–water partition coefficient (Wildman–Crippen LogP) is 5.28. The Hall–Kier alpha value is -3.45. The van der Waals surface area contributed by atoms with Crippen molar-refractivity contribution in [3.05, 3.63) is 96.3 Å². The lowest BCUT2D eigenvalue weighted by Gasteiger charge is -2.21. The molecule has 0 fully saturated rings. The summed E-state index contributed by atoms with van der Waals surface area (Å²) in [5, 5.41) is 9.01. The summed E-state index contributed by atoms with van der Waals surface area (Å²) in [5.41, 5.74) is 2.68. The van der Waals surface area contributed by atoms with Crippen LogP contribution in [-0.4, -0.2) is 33.0 Å². The Bertz CT molecular complexity index is 1180. The topological polar surface area (TPSA) is 51.0 Å². The highest BCUT2D eigenvalue weighted by Crippen LogP contribution is 2.29. The highest BCUT2D eigenvalue weighted by atomic mass is 32.2. The summed E-state index contributed by atoms with van der Waals surface area (Å²) >= 11 is 1.36. The molecule has 4 rings (SSSR count). The first-order valence-corrected chi connectivity index (χ1v) is 11.1. The average molecular weight is 447 g/mol. The summed E-state index contributed by atoms with van der Waals surface area (Å²) in [6.45, 7) is 2.41. The second-order valence-corrected chi connectivity index (χ2v) is 8.69. The molecule has 0 saturated heterocycles. The van der Waals surface area contributed by atoms with Crippen molar-refractivity contribution in [2.45, 2.75) is 23.9 Å². The number of hydrogen-bond donors (Lipinski definition) is 0. The number of hydrogen-bond acceptors (Lipinski definition) is 4.